The Hall–Kier alpha value is -1.76. The third-order valence-electron chi connectivity index (χ3n) is 4.01. The van der Waals surface area contributed by atoms with Gasteiger partial charge in [0.15, 0.2) is 6.61 Å². The van der Waals surface area contributed by atoms with Crippen molar-refractivity contribution in [1.29, 1.82) is 0 Å². The molecule has 8 heteroatoms. The molecule has 0 saturated carbocycles. The Morgan fingerprint density at radius 3 is 2.54 bits per heavy atom. The summed E-state index contributed by atoms with van der Waals surface area (Å²) in [7, 11) is 0. The standard InChI is InChI=1S/C20H21BrCl2N2O3/c1-3-24-20(27)13(2)25(11-14-5-4-6-15(22)9-14)19(26)12-28-18-8-7-16(23)10-17(18)21/h4-10,13H,3,11-12H2,1-2H3,(H,24,27). The van der Waals surface area contributed by atoms with Crippen LogP contribution in [0.1, 0.15) is 19.4 Å². The highest BCUT2D eigenvalue weighted by atomic mass is 79.9. The minimum atomic E-state index is -0.663. The van der Waals surface area contributed by atoms with E-state index in [2.05, 4.69) is 21.2 Å². The zero-order valence-corrected chi connectivity index (χ0v) is 18.6. The third-order valence-corrected chi connectivity index (χ3v) is 5.10. The van der Waals surface area contributed by atoms with Crippen molar-refractivity contribution in [2.24, 2.45) is 0 Å². The van der Waals surface area contributed by atoms with Crippen LogP contribution in [0.4, 0.5) is 0 Å². The number of benzene rings is 2. The molecular weight excluding hydrogens is 467 g/mol. The molecule has 2 amide bonds. The molecule has 5 nitrogen and oxygen atoms in total. The van der Waals surface area contributed by atoms with Gasteiger partial charge in [-0.05, 0) is 65.7 Å². The molecule has 1 unspecified atom stereocenters. The van der Waals surface area contributed by atoms with Crippen molar-refractivity contribution >= 4 is 50.9 Å². The van der Waals surface area contributed by atoms with Crippen LogP contribution in [0.2, 0.25) is 10.0 Å². The summed E-state index contributed by atoms with van der Waals surface area (Å²) in [5.41, 5.74) is 0.824. The van der Waals surface area contributed by atoms with E-state index in [0.29, 0.717) is 26.8 Å². The molecule has 0 aliphatic rings. The predicted molar refractivity (Wildman–Crippen MR) is 115 cm³/mol. The summed E-state index contributed by atoms with van der Waals surface area (Å²) in [6.45, 7) is 4.02. The molecular formula is C20H21BrCl2N2O3. The maximum Gasteiger partial charge on any atom is 0.261 e. The molecule has 0 aliphatic heterocycles. The summed E-state index contributed by atoms with van der Waals surface area (Å²) in [6.07, 6.45) is 0. The molecule has 1 N–H and O–H groups in total. The number of ether oxygens (including phenoxy) is 1. The van der Waals surface area contributed by atoms with E-state index >= 15 is 0 Å². The molecule has 0 aliphatic carbocycles. The van der Waals surface area contributed by atoms with E-state index in [9.17, 15) is 9.59 Å². The van der Waals surface area contributed by atoms with Crippen LogP contribution < -0.4 is 10.1 Å². The van der Waals surface area contributed by atoms with Crippen molar-refractivity contribution in [3.8, 4) is 5.75 Å². The minimum absolute atomic E-state index is 0.218. The third kappa shape index (κ3) is 6.40. The fraction of sp³-hybridized carbons (Fsp3) is 0.300. The molecule has 0 fully saturated rings. The summed E-state index contributed by atoms with van der Waals surface area (Å²) in [6, 6.07) is 11.5. The monoisotopic (exact) mass is 486 g/mol. The Balaban J connectivity index is 2.16. The molecule has 0 aromatic heterocycles. The summed E-state index contributed by atoms with van der Waals surface area (Å²) in [5, 5.41) is 3.87. The van der Waals surface area contributed by atoms with Crippen molar-refractivity contribution in [1.82, 2.24) is 10.2 Å². The van der Waals surface area contributed by atoms with E-state index in [-0.39, 0.29) is 25.0 Å². The molecule has 0 spiro atoms. The van der Waals surface area contributed by atoms with Gasteiger partial charge in [0.25, 0.3) is 5.91 Å². The SMILES string of the molecule is CCNC(=O)C(C)N(Cc1cccc(Cl)c1)C(=O)COc1ccc(Cl)cc1Br. The molecule has 0 bridgehead atoms. The fourth-order valence-corrected chi connectivity index (χ4v) is 3.56. The Labute approximate surface area is 183 Å². The molecule has 1 atom stereocenters. The Morgan fingerprint density at radius 1 is 1.18 bits per heavy atom. The van der Waals surface area contributed by atoms with Crippen LogP contribution in [0.25, 0.3) is 0 Å². The summed E-state index contributed by atoms with van der Waals surface area (Å²) < 4.78 is 6.28. The molecule has 0 radical (unpaired) electrons. The number of carbonyl (C=O) groups is 2. The average Bonchev–Trinajstić information content (AvgIpc) is 2.65. The van der Waals surface area contributed by atoms with Crippen LogP contribution in [0, 0.1) is 0 Å². The lowest BCUT2D eigenvalue weighted by molar-refractivity contribution is -0.142. The van der Waals surface area contributed by atoms with Crippen LogP contribution in [-0.4, -0.2) is 35.9 Å². The lowest BCUT2D eigenvalue weighted by Crippen LogP contribution is -2.49. The predicted octanol–water partition coefficient (Wildman–Crippen LogP) is 4.69. The number of nitrogens with zero attached hydrogens (tertiary/aromatic N) is 1. The quantitative estimate of drug-likeness (QED) is 0.587. The zero-order chi connectivity index (χ0) is 20.7. The van der Waals surface area contributed by atoms with Gasteiger partial charge in [0.05, 0.1) is 4.47 Å². The Morgan fingerprint density at radius 2 is 1.89 bits per heavy atom. The highest BCUT2D eigenvalue weighted by Crippen LogP contribution is 2.28. The van der Waals surface area contributed by atoms with Gasteiger partial charge in [-0.15, -0.1) is 0 Å². The first-order valence-corrected chi connectivity index (χ1v) is 10.3. The van der Waals surface area contributed by atoms with Gasteiger partial charge < -0.3 is 15.0 Å². The van der Waals surface area contributed by atoms with Crippen molar-refractivity contribution in [3.05, 3.63) is 62.5 Å². The number of hydrogen-bond acceptors (Lipinski definition) is 3. The van der Waals surface area contributed by atoms with E-state index < -0.39 is 6.04 Å². The van der Waals surface area contributed by atoms with Crippen LogP contribution in [0.3, 0.4) is 0 Å². The van der Waals surface area contributed by atoms with E-state index in [1.54, 1.807) is 43.3 Å². The summed E-state index contributed by atoms with van der Waals surface area (Å²) in [4.78, 5) is 26.7. The smallest absolute Gasteiger partial charge is 0.261 e. The second kappa shape index (κ2) is 10.7. The molecule has 2 aromatic carbocycles. The maximum absolute atomic E-state index is 12.9. The van der Waals surface area contributed by atoms with Crippen LogP contribution in [0.5, 0.6) is 5.75 Å². The van der Waals surface area contributed by atoms with Crippen molar-refractivity contribution in [2.45, 2.75) is 26.4 Å². The van der Waals surface area contributed by atoms with E-state index in [1.807, 2.05) is 13.0 Å². The van der Waals surface area contributed by atoms with Crippen LogP contribution in [-0.2, 0) is 16.1 Å². The summed E-state index contributed by atoms with van der Waals surface area (Å²) >= 11 is 15.3. The first kappa shape index (κ1) is 22.5. The molecule has 2 rings (SSSR count). The average molecular weight is 488 g/mol. The highest BCUT2D eigenvalue weighted by Gasteiger charge is 2.26. The number of hydrogen-bond donors (Lipinski definition) is 1. The van der Waals surface area contributed by atoms with E-state index in [0.717, 1.165) is 5.56 Å². The van der Waals surface area contributed by atoms with E-state index in [4.69, 9.17) is 27.9 Å². The van der Waals surface area contributed by atoms with Gasteiger partial charge in [0.1, 0.15) is 11.8 Å². The van der Waals surface area contributed by atoms with Gasteiger partial charge in [0, 0.05) is 23.1 Å². The first-order valence-electron chi connectivity index (χ1n) is 8.71. The number of halogens is 3. The van der Waals surface area contributed by atoms with Crippen LogP contribution in [0.15, 0.2) is 46.9 Å². The van der Waals surface area contributed by atoms with Gasteiger partial charge in [-0.2, -0.15) is 0 Å². The number of rotatable bonds is 8. The number of nitrogens with one attached hydrogen (secondary N) is 1. The molecule has 0 saturated heterocycles. The number of likely N-dealkylation sites (N-methyl/N-ethyl adjacent to an activating group) is 1. The molecule has 28 heavy (non-hydrogen) atoms. The van der Waals surface area contributed by atoms with Gasteiger partial charge in [0.2, 0.25) is 5.91 Å². The second-order valence-electron chi connectivity index (χ2n) is 6.09. The van der Waals surface area contributed by atoms with Gasteiger partial charge >= 0.3 is 0 Å². The topological polar surface area (TPSA) is 58.6 Å². The van der Waals surface area contributed by atoms with Crippen molar-refractivity contribution in [3.63, 3.8) is 0 Å². The molecule has 2 aromatic rings. The normalized spacial score (nSPS) is 11.6. The Bertz CT molecular complexity index is 848. The van der Waals surface area contributed by atoms with E-state index in [1.165, 1.54) is 4.90 Å². The van der Waals surface area contributed by atoms with Crippen molar-refractivity contribution < 1.29 is 14.3 Å². The van der Waals surface area contributed by atoms with Gasteiger partial charge in [-0.25, -0.2) is 0 Å². The second-order valence-corrected chi connectivity index (χ2v) is 7.81. The lowest BCUT2D eigenvalue weighted by atomic mass is 10.1. The summed E-state index contributed by atoms with van der Waals surface area (Å²) in [5.74, 6) is -0.0581. The first-order chi connectivity index (χ1) is 13.3. The van der Waals surface area contributed by atoms with Gasteiger partial charge in [-0.1, -0.05) is 35.3 Å². The number of carbonyl (C=O) groups excluding carboxylic acids is 2. The minimum Gasteiger partial charge on any atom is -0.483 e. The lowest BCUT2D eigenvalue weighted by Gasteiger charge is -2.28. The van der Waals surface area contributed by atoms with Crippen molar-refractivity contribution in [2.75, 3.05) is 13.2 Å². The molecule has 150 valence electrons. The highest BCUT2D eigenvalue weighted by molar-refractivity contribution is 9.10. The van der Waals surface area contributed by atoms with Crippen LogP contribution >= 0.6 is 39.1 Å². The number of amides is 2. The van der Waals surface area contributed by atoms with Gasteiger partial charge in [-0.3, -0.25) is 9.59 Å². The fourth-order valence-electron chi connectivity index (χ4n) is 2.55. The Kier molecular flexibility index (Phi) is 8.60. The largest absolute Gasteiger partial charge is 0.483 e. The maximum atomic E-state index is 12.9. The zero-order valence-electron chi connectivity index (χ0n) is 15.5. The molecule has 0 heterocycles.